The number of aromatic nitrogens is 6. The van der Waals surface area contributed by atoms with Gasteiger partial charge in [-0.05, 0) is 42.3 Å². The van der Waals surface area contributed by atoms with Crippen LogP contribution in [0.25, 0.3) is 22.7 Å². The molecule has 10 heteroatoms. The molecule has 3 aromatic heterocycles. The van der Waals surface area contributed by atoms with Crippen molar-refractivity contribution >= 4 is 0 Å². The van der Waals surface area contributed by atoms with Crippen molar-refractivity contribution in [1.82, 2.24) is 35.5 Å². The summed E-state index contributed by atoms with van der Waals surface area (Å²) < 4.78 is 31.8. The average molecular weight is 409 g/mol. The first-order chi connectivity index (χ1) is 14.7. The second kappa shape index (κ2) is 7.71. The first-order valence-electron chi connectivity index (χ1n) is 9.45. The van der Waals surface area contributed by atoms with E-state index in [9.17, 15) is 8.78 Å². The van der Waals surface area contributed by atoms with Gasteiger partial charge >= 0.3 is 6.43 Å². The van der Waals surface area contributed by atoms with Crippen LogP contribution in [0, 0.1) is 0 Å². The fourth-order valence-electron chi connectivity index (χ4n) is 3.39. The summed E-state index contributed by atoms with van der Waals surface area (Å²) in [7, 11) is 0. The Kier molecular flexibility index (Phi) is 4.75. The first kappa shape index (κ1) is 18.5. The van der Waals surface area contributed by atoms with Crippen LogP contribution in [0.4, 0.5) is 8.78 Å². The smallest absolute Gasteiger partial charge is 0.314 e. The summed E-state index contributed by atoms with van der Waals surface area (Å²) >= 11 is 0. The highest BCUT2D eigenvalue weighted by Crippen LogP contribution is 2.24. The molecule has 1 aliphatic heterocycles. The second-order valence-corrected chi connectivity index (χ2v) is 7.00. The average Bonchev–Trinajstić information content (AvgIpc) is 3.44. The lowest BCUT2D eigenvalue weighted by atomic mass is 9.97. The molecule has 152 valence electrons. The van der Waals surface area contributed by atoms with Gasteiger partial charge in [0.1, 0.15) is 5.69 Å². The quantitative estimate of drug-likeness (QED) is 0.541. The van der Waals surface area contributed by atoms with Crippen LogP contribution in [-0.4, -0.2) is 36.7 Å². The summed E-state index contributed by atoms with van der Waals surface area (Å²) in [6.07, 6.45) is 1.59. The predicted octanol–water partition coefficient (Wildman–Crippen LogP) is 3.02. The van der Waals surface area contributed by atoms with E-state index in [4.69, 9.17) is 4.42 Å². The van der Waals surface area contributed by atoms with Crippen LogP contribution in [0.15, 0.2) is 47.1 Å². The van der Waals surface area contributed by atoms with E-state index in [0.717, 1.165) is 36.5 Å². The van der Waals surface area contributed by atoms with Crippen LogP contribution in [0.5, 0.6) is 0 Å². The lowest BCUT2D eigenvalue weighted by Crippen LogP contribution is -2.23. The molecule has 1 N–H and O–H groups in total. The summed E-state index contributed by atoms with van der Waals surface area (Å²) in [6, 6.07) is 9.82. The predicted molar refractivity (Wildman–Crippen MR) is 102 cm³/mol. The fraction of sp³-hybridized carbons (Fsp3) is 0.250. The maximum atomic E-state index is 12.6. The van der Waals surface area contributed by atoms with E-state index >= 15 is 0 Å². The SMILES string of the molecule is FC(F)c1nnc(-c2ccc(Cn3cc(-c4ccc5c(c4)CCNC5)nn3)nc2)o1. The number of halogens is 2. The molecule has 0 spiro atoms. The molecule has 4 heterocycles. The molecule has 0 unspecified atom stereocenters. The van der Waals surface area contributed by atoms with Crippen molar-refractivity contribution < 1.29 is 13.2 Å². The molecule has 0 amide bonds. The maximum absolute atomic E-state index is 12.6. The molecule has 30 heavy (non-hydrogen) atoms. The molecule has 4 aromatic rings. The van der Waals surface area contributed by atoms with E-state index in [1.54, 1.807) is 16.8 Å². The molecule has 0 bridgehead atoms. The molecule has 0 fully saturated rings. The summed E-state index contributed by atoms with van der Waals surface area (Å²) in [5, 5.41) is 18.8. The maximum Gasteiger partial charge on any atom is 0.314 e. The Morgan fingerprint density at radius 1 is 1.07 bits per heavy atom. The van der Waals surface area contributed by atoms with Crippen LogP contribution in [0.1, 0.15) is 29.1 Å². The fourth-order valence-corrected chi connectivity index (χ4v) is 3.39. The van der Waals surface area contributed by atoms with Crippen LogP contribution in [-0.2, 0) is 19.5 Å². The van der Waals surface area contributed by atoms with Gasteiger partial charge in [0.05, 0.1) is 24.0 Å². The van der Waals surface area contributed by atoms with Crippen molar-refractivity contribution in [2.75, 3.05) is 6.54 Å². The largest absolute Gasteiger partial charge is 0.415 e. The van der Waals surface area contributed by atoms with Crippen LogP contribution < -0.4 is 5.32 Å². The molecule has 5 rings (SSSR count). The molecule has 0 saturated carbocycles. The summed E-state index contributed by atoms with van der Waals surface area (Å²) in [4.78, 5) is 4.33. The zero-order valence-electron chi connectivity index (χ0n) is 15.8. The third-order valence-corrected chi connectivity index (χ3v) is 4.95. The van der Waals surface area contributed by atoms with Crippen LogP contribution >= 0.6 is 0 Å². The molecular weight excluding hydrogens is 392 g/mol. The van der Waals surface area contributed by atoms with Gasteiger partial charge in [0.2, 0.25) is 5.89 Å². The number of nitrogens with zero attached hydrogens (tertiary/aromatic N) is 6. The van der Waals surface area contributed by atoms with Gasteiger partial charge in [-0.15, -0.1) is 15.3 Å². The van der Waals surface area contributed by atoms with Crippen LogP contribution in [0.2, 0.25) is 0 Å². The number of alkyl halides is 2. The van der Waals surface area contributed by atoms with Gasteiger partial charge in [-0.3, -0.25) is 4.98 Å². The summed E-state index contributed by atoms with van der Waals surface area (Å²) in [6.45, 7) is 2.31. The molecular formula is C20H17F2N7O. The number of pyridine rings is 1. The van der Waals surface area contributed by atoms with Crippen molar-refractivity contribution in [2.45, 2.75) is 25.9 Å². The van der Waals surface area contributed by atoms with Gasteiger partial charge < -0.3 is 9.73 Å². The van der Waals surface area contributed by atoms with Gasteiger partial charge in [0.25, 0.3) is 5.89 Å². The zero-order chi connectivity index (χ0) is 20.5. The van der Waals surface area contributed by atoms with Crippen molar-refractivity contribution in [3.63, 3.8) is 0 Å². The van der Waals surface area contributed by atoms with E-state index in [1.807, 2.05) is 6.20 Å². The Balaban J connectivity index is 1.30. The minimum Gasteiger partial charge on any atom is -0.415 e. The zero-order valence-corrected chi connectivity index (χ0v) is 15.8. The molecule has 0 saturated heterocycles. The van der Waals surface area contributed by atoms with Crippen molar-refractivity contribution in [1.29, 1.82) is 0 Å². The highest BCUT2D eigenvalue weighted by molar-refractivity contribution is 5.60. The van der Waals surface area contributed by atoms with E-state index in [1.165, 1.54) is 17.3 Å². The topological polar surface area (TPSA) is 94.6 Å². The Morgan fingerprint density at radius 2 is 1.97 bits per heavy atom. The third kappa shape index (κ3) is 3.69. The third-order valence-electron chi connectivity index (χ3n) is 4.95. The van der Waals surface area contributed by atoms with Gasteiger partial charge in [-0.2, -0.15) is 8.78 Å². The molecule has 1 aliphatic rings. The minimum atomic E-state index is -2.80. The van der Waals surface area contributed by atoms with Crippen LogP contribution in [0.3, 0.4) is 0 Å². The molecule has 1 aromatic carbocycles. The van der Waals surface area contributed by atoms with Gasteiger partial charge in [-0.1, -0.05) is 17.3 Å². The van der Waals surface area contributed by atoms with Crippen molar-refractivity contribution in [2.24, 2.45) is 0 Å². The standard InChI is InChI=1S/C20H17F2N7O/c21-18(22)20-27-26-19(30-20)15-3-4-16(24-9-15)10-29-11-17(25-28-29)13-1-2-14-8-23-6-5-12(14)7-13/h1-4,7,9,11,18,23H,5-6,8,10H2. The molecule has 8 nitrogen and oxygen atoms in total. The van der Waals surface area contributed by atoms with E-state index < -0.39 is 12.3 Å². The van der Waals surface area contributed by atoms with Crippen molar-refractivity contribution in [3.05, 3.63) is 65.4 Å². The number of hydrogen-bond donors (Lipinski definition) is 1. The molecule has 0 aliphatic carbocycles. The number of hydrogen-bond acceptors (Lipinski definition) is 7. The Bertz CT molecular complexity index is 1170. The highest BCUT2D eigenvalue weighted by atomic mass is 19.3. The van der Waals surface area contributed by atoms with Gasteiger partial charge in [0.15, 0.2) is 0 Å². The Morgan fingerprint density at radius 3 is 2.77 bits per heavy atom. The second-order valence-electron chi connectivity index (χ2n) is 7.00. The van der Waals surface area contributed by atoms with E-state index in [0.29, 0.717) is 12.1 Å². The monoisotopic (exact) mass is 409 g/mol. The summed E-state index contributed by atoms with van der Waals surface area (Å²) in [5.41, 5.74) is 5.72. The number of nitrogens with one attached hydrogen (secondary N) is 1. The number of fused-ring (bicyclic) bond motifs is 1. The lowest BCUT2D eigenvalue weighted by molar-refractivity contribution is 0.116. The Hall–Kier alpha value is -3.53. The Labute approximate surface area is 170 Å². The molecule has 0 radical (unpaired) electrons. The lowest BCUT2D eigenvalue weighted by Gasteiger charge is -2.17. The first-order valence-corrected chi connectivity index (χ1v) is 9.45. The minimum absolute atomic E-state index is 0.00926. The van der Waals surface area contributed by atoms with E-state index in [-0.39, 0.29) is 5.89 Å². The highest BCUT2D eigenvalue weighted by Gasteiger charge is 2.17. The van der Waals surface area contributed by atoms with E-state index in [2.05, 4.69) is 49.0 Å². The van der Waals surface area contributed by atoms with Crippen molar-refractivity contribution in [3.8, 4) is 22.7 Å². The van der Waals surface area contributed by atoms with Gasteiger partial charge in [0, 0.05) is 18.3 Å². The number of rotatable bonds is 5. The normalized spacial score (nSPS) is 13.6. The van der Waals surface area contributed by atoms with Gasteiger partial charge in [-0.25, -0.2) is 4.68 Å². The number of benzene rings is 1. The summed E-state index contributed by atoms with van der Waals surface area (Å²) in [5.74, 6) is -0.697. The molecule has 0 atom stereocenters.